The molecule has 0 radical (unpaired) electrons. The largest absolute Gasteiger partial charge is 0.463 e. The minimum atomic E-state index is -0.313. The van der Waals surface area contributed by atoms with Crippen molar-refractivity contribution in [3.63, 3.8) is 0 Å². The highest BCUT2D eigenvalue weighted by molar-refractivity contribution is 5.89. The Morgan fingerprint density at radius 2 is 1.70 bits per heavy atom. The number of benzene rings is 2. The zero-order chi connectivity index (χ0) is 14.4. The standard InChI is InChI=1S/C18H18O2/c1-3-20-18(19)13-12-15-9-5-7-11-17(15)16-10-6-4-8-14(16)2/h4-13H,3H2,1-2H3/b13-12+. The van der Waals surface area contributed by atoms with Crippen LogP contribution in [0.3, 0.4) is 0 Å². The van der Waals surface area contributed by atoms with Gasteiger partial charge in [-0.1, -0.05) is 48.5 Å². The third-order valence-corrected chi connectivity index (χ3v) is 3.08. The molecule has 0 unspecified atom stereocenters. The van der Waals surface area contributed by atoms with Crippen LogP contribution >= 0.6 is 0 Å². The maximum Gasteiger partial charge on any atom is 0.330 e. The average Bonchev–Trinajstić information content (AvgIpc) is 2.46. The van der Waals surface area contributed by atoms with Gasteiger partial charge in [-0.15, -0.1) is 0 Å². The fraction of sp³-hybridized carbons (Fsp3) is 0.167. The molecule has 102 valence electrons. The molecular weight excluding hydrogens is 248 g/mol. The summed E-state index contributed by atoms with van der Waals surface area (Å²) in [5.41, 5.74) is 4.52. The van der Waals surface area contributed by atoms with Gasteiger partial charge in [0, 0.05) is 6.08 Å². The number of esters is 1. The molecule has 2 heteroatoms. The van der Waals surface area contributed by atoms with Gasteiger partial charge >= 0.3 is 5.97 Å². The van der Waals surface area contributed by atoms with E-state index in [0.29, 0.717) is 6.61 Å². The van der Waals surface area contributed by atoms with Crippen molar-refractivity contribution < 1.29 is 9.53 Å². The molecule has 0 aliphatic heterocycles. The highest BCUT2D eigenvalue weighted by Gasteiger charge is 2.05. The van der Waals surface area contributed by atoms with Gasteiger partial charge in [0.05, 0.1) is 6.61 Å². The Balaban J connectivity index is 2.37. The van der Waals surface area contributed by atoms with Crippen LogP contribution in [0, 0.1) is 6.92 Å². The number of rotatable bonds is 4. The lowest BCUT2D eigenvalue weighted by Crippen LogP contribution is -1.98. The molecule has 0 saturated heterocycles. The Morgan fingerprint density at radius 1 is 1.05 bits per heavy atom. The lowest BCUT2D eigenvalue weighted by molar-refractivity contribution is -0.137. The van der Waals surface area contributed by atoms with Gasteiger partial charge in [0.25, 0.3) is 0 Å². The Hall–Kier alpha value is -2.35. The molecular formula is C18H18O2. The second kappa shape index (κ2) is 6.71. The molecule has 20 heavy (non-hydrogen) atoms. The first kappa shape index (κ1) is 14.1. The quantitative estimate of drug-likeness (QED) is 0.611. The maximum atomic E-state index is 11.4. The van der Waals surface area contributed by atoms with E-state index in [-0.39, 0.29) is 5.97 Å². The molecule has 0 spiro atoms. The molecule has 0 heterocycles. The smallest absolute Gasteiger partial charge is 0.330 e. The van der Waals surface area contributed by atoms with Crippen LogP contribution in [0.2, 0.25) is 0 Å². The summed E-state index contributed by atoms with van der Waals surface area (Å²) in [6.45, 7) is 4.27. The molecule has 0 N–H and O–H groups in total. The summed E-state index contributed by atoms with van der Waals surface area (Å²) in [5, 5.41) is 0. The van der Waals surface area contributed by atoms with Crippen LogP contribution in [0.15, 0.2) is 54.6 Å². The van der Waals surface area contributed by atoms with Crippen molar-refractivity contribution in [3.05, 3.63) is 65.7 Å². The maximum absolute atomic E-state index is 11.4. The summed E-state index contributed by atoms with van der Waals surface area (Å²) in [5.74, 6) is -0.313. The summed E-state index contributed by atoms with van der Waals surface area (Å²) in [7, 11) is 0. The highest BCUT2D eigenvalue weighted by Crippen LogP contribution is 2.27. The van der Waals surface area contributed by atoms with E-state index in [9.17, 15) is 4.79 Å². The summed E-state index contributed by atoms with van der Waals surface area (Å²) < 4.78 is 4.91. The minimum absolute atomic E-state index is 0.313. The van der Waals surface area contributed by atoms with Gasteiger partial charge in [0.2, 0.25) is 0 Å². The van der Waals surface area contributed by atoms with Crippen LogP contribution in [-0.2, 0) is 9.53 Å². The monoisotopic (exact) mass is 266 g/mol. The van der Waals surface area contributed by atoms with Crippen molar-refractivity contribution in [1.82, 2.24) is 0 Å². The van der Waals surface area contributed by atoms with Crippen molar-refractivity contribution in [2.75, 3.05) is 6.61 Å². The molecule has 2 aromatic carbocycles. The lowest BCUT2D eigenvalue weighted by atomic mass is 9.96. The van der Waals surface area contributed by atoms with E-state index in [0.717, 1.165) is 11.1 Å². The molecule has 0 aromatic heterocycles. The van der Waals surface area contributed by atoms with Crippen LogP contribution in [0.1, 0.15) is 18.1 Å². The normalized spacial score (nSPS) is 10.7. The van der Waals surface area contributed by atoms with Crippen molar-refractivity contribution in [2.24, 2.45) is 0 Å². The number of aryl methyl sites for hydroxylation is 1. The van der Waals surface area contributed by atoms with Gasteiger partial charge < -0.3 is 4.74 Å². The molecule has 0 fully saturated rings. The van der Waals surface area contributed by atoms with Crippen molar-refractivity contribution >= 4 is 12.0 Å². The first-order chi connectivity index (χ1) is 9.72. The van der Waals surface area contributed by atoms with E-state index in [2.05, 4.69) is 25.1 Å². The van der Waals surface area contributed by atoms with Crippen molar-refractivity contribution in [3.8, 4) is 11.1 Å². The molecule has 0 saturated carbocycles. The topological polar surface area (TPSA) is 26.3 Å². The lowest BCUT2D eigenvalue weighted by Gasteiger charge is -2.09. The van der Waals surface area contributed by atoms with Gasteiger partial charge in [-0.25, -0.2) is 4.79 Å². The zero-order valence-corrected chi connectivity index (χ0v) is 11.8. The molecule has 2 nitrogen and oxygen atoms in total. The van der Waals surface area contributed by atoms with E-state index in [4.69, 9.17) is 4.74 Å². The number of ether oxygens (including phenoxy) is 1. The molecule has 0 bridgehead atoms. The van der Waals surface area contributed by atoms with Crippen LogP contribution in [-0.4, -0.2) is 12.6 Å². The Kier molecular flexibility index (Phi) is 4.72. The van der Waals surface area contributed by atoms with Gasteiger partial charge in [-0.2, -0.15) is 0 Å². The molecule has 0 aliphatic rings. The molecule has 0 atom stereocenters. The Morgan fingerprint density at radius 3 is 2.40 bits per heavy atom. The van der Waals surface area contributed by atoms with Crippen LogP contribution in [0.25, 0.3) is 17.2 Å². The third-order valence-electron chi connectivity index (χ3n) is 3.08. The minimum Gasteiger partial charge on any atom is -0.463 e. The van der Waals surface area contributed by atoms with E-state index in [1.165, 1.54) is 17.2 Å². The number of carbonyl (C=O) groups is 1. The van der Waals surface area contributed by atoms with Gasteiger partial charge in [0.1, 0.15) is 0 Å². The van der Waals surface area contributed by atoms with Gasteiger partial charge in [-0.3, -0.25) is 0 Å². The van der Waals surface area contributed by atoms with Crippen molar-refractivity contribution in [2.45, 2.75) is 13.8 Å². The first-order valence-electron chi connectivity index (χ1n) is 6.72. The molecule has 0 amide bonds. The predicted octanol–water partition coefficient (Wildman–Crippen LogP) is 4.24. The average molecular weight is 266 g/mol. The van der Waals surface area contributed by atoms with Gasteiger partial charge in [-0.05, 0) is 42.2 Å². The summed E-state index contributed by atoms with van der Waals surface area (Å²) in [4.78, 5) is 11.4. The van der Waals surface area contributed by atoms with Crippen LogP contribution in [0.4, 0.5) is 0 Å². The molecule has 2 rings (SSSR count). The zero-order valence-electron chi connectivity index (χ0n) is 11.8. The van der Waals surface area contributed by atoms with Gasteiger partial charge in [0.15, 0.2) is 0 Å². The highest BCUT2D eigenvalue weighted by atomic mass is 16.5. The van der Waals surface area contributed by atoms with Crippen LogP contribution in [0.5, 0.6) is 0 Å². The second-order valence-electron chi connectivity index (χ2n) is 4.49. The van der Waals surface area contributed by atoms with Crippen LogP contribution < -0.4 is 0 Å². The van der Waals surface area contributed by atoms with Crippen molar-refractivity contribution in [1.29, 1.82) is 0 Å². The predicted molar refractivity (Wildman–Crippen MR) is 82.3 cm³/mol. The third kappa shape index (κ3) is 3.35. The summed E-state index contributed by atoms with van der Waals surface area (Å²) in [6.07, 6.45) is 3.28. The Bertz CT molecular complexity index is 627. The molecule has 2 aromatic rings. The SMILES string of the molecule is CCOC(=O)/C=C/c1ccccc1-c1ccccc1C. The number of hydrogen-bond acceptors (Lipinski definition) is 2. The number of carbonyl (C=O) groups excluding carboxylic acids is 1. The fourth-order valence-corrected chi connectivity index (χ4v) is 2.11. The van der Waals surface area contributed by atoms with E-state index < -0.39 is 0 Å². The summed E-state index contributed by atoms with van der Waals surface area (Å²) in [6, 6.07) is 16.2. The second-order valence-corrected chi connectivity index (χ2v) is 4.49. The van der Waals surface area contributed by atoms with E-state index in [1.54, 1.807) is 13.0 Å². The molecule has 0 aliphatic carbocycles. The summed E-state index contributed by atoms with van der Waals surface area (Å²) >= 11 is 0. The number of hydrogen-bond donors (Lipinski definition) is 0. The Labute approximate surface area is 119 Å². The van der Waals surface area contributed by atoms with E-state index >= 15 is 0 Å². The first-order valence-corrected chi connectivity index (χ1v) is 6.72. The fourth-order valence-electron chi connectivity index (χ4n) is 2.11. The van der Waals surface area contributed by atoms with E-state index in [1.807, 2.05) is 30.3 Å².